The van der Waals surface area contributed by atoms with Crippen molar-refractivity contribution in [3.05, 3.63) is 71.1 Å². The van der Waals surface area contributed by atoms with Crippen molar-refractivity contribution in [2.45, 2.75) is 10.8 Å². The summed E-state index contributed by atoms with van der Waals surface area (Å²) in [6, 6.07) is 12.2. The standard InChI is InChI=1S/C17H14ClN5OS/c18-11-3-5-12(6-4-11)22-15(24)14-2-1-8-20-16(14)25-10-13-7-9-21-17(19)23-13/h1-9H,10H2,(H,22,24)(H2,19,21,23). The third-order valence-electron chi connectivity index (χ3n) is 3.21. The number of pyridine rings is 1. The lowest BCUT2D eigenvalue weighted by molar-refractivity contribution is 0.102. The SMILES string of the molecule is Nc1nccc(CSc2ncccc2C(=O)Nc2ccc(Cl)cc2)n1. The molecule has 0 saturated heterocycles. The number of benzene rings is 1. The lowest BCUT2D eigenvalue weighted by Gasteiger charge is -2.09. The zero-order valence-corrected chi connectivity index (χ0v) is 14.6. The zero-order valence-electron chi connectivity index (χ0n) is 13.0. The van der Waals surface area contributed by atoms with Crippen LogP contribution in [0.25, 0.3) is 0 Å². The second kappa shape index (κ2) is 7.96. The van der Waals surface area contributed by atoms with Gasteiger partial charge >= 0.3 is 0 Å². The summed E-state index contributed by atoms with van der Waals surface area (Å²) in [5.41, 5.74) is 7.51. The van der Waals surface area contributed by atoms with E-state index in [0.717, 1.165) is 5.69 Å². The number of carbonyl (C=O) groups excluding carboxylic acids is 1. The maximum Gasteiger partial charge on any atom is 0.258 e. The van der Waals surface area contributed by atoms with Crippen molar-refractivity contribution in [1.82, 2.24) is 15.0 Å². The highest BCUT2D eigenvalue weighted by molar-refractivity contribution is 7.98. The molecule has 0 fully saturated rings. The highest BCUT2D eigenvalue weighted by Gasteiger charge is 2.13. The fraction of sp³-hybridized carbons (Fsp3) is 0.0588. The number of thioether (sulfide) groups is 1. The number of amides is 1. The number of hydrogen-bond donors (Lipinski definition) is 2. The number of nitrogen functional groups attached to an aromatic ring is 1. The quantitative estimate of drug-likeness (QED) is 0.665. The molecule has 0 bridgehead atoms. The van der Waals surface area contributed by atoms with E-state index in [1.807, 2.05) is 0 Å². The van der Waals surface area contributed by atoms with Gasteiger partial charge in [-0.25, -0.2) is 15.0 Å². The van der Waals surface area contributed by atoms with Crippen LogP contribution in [-0.4, -0.2) is 20.9 Å². The summed E-state index contributed by atoms with van der Waals surface area (Å²) in [4.78, 5) is 24.8. The van der Waals surface area contributed by atoms with Crippen LogP contribution in [0.5, 0.6) is 0 Å². The van der Waals surface area contributed by atoms with Gasteiger partial charge in [-0.05, 0) is 42.5 Å². The first-order chi connectivity index (χ1) is 12.1. The predicted molar refractivity (Wildman–Crippen MR) is 99.6 cm³/mol. The summed E-state index contributed by atoms with van der Waals surface area (Å²) in [6.45, 7) is 0. The number of hydrogen-bond acceptors (Lipinski definition) is 6. The van der Waals surface area contributed by atoms with E-state index in [0.29, 0.717) is 27.1 Å². The molecular weight excluding hydrogens is 358 g/mol. The van der Waals surface area contributed by atoms with E-state index in [4.69, 9.17) is 17.3 Å². The van der Waals surface area contributed by atoms with Crippen LogP contribution in [0, 0.1) is 0 Å². The number of nitrogens with two attached hydrogens (primary N) is 1. The van der Waals surface area contributed by atoms with Crippen molar-refractivity contribution in [2.75, 3.05) is 11.1 Å². The van der Waals surface area contributed by atoms with Crippen LogP contribution in [0.1, 0.15) is 16.1 Å². The van der Waals surface area contributed by atoms with Gasteiger partial charge in [0.15, 0.2) is 0 Å². The van der Waals surface area contributed by atoms with E-state index in [-0.39, 0.29) is 11.9 Å². The Bertz CT molecular complexity index is 888. The Balaban J connectivity index is 1.73. The Labute approximate surface area is 153 Å². The Morgan fingerprint density at radius 3 is 2.68 bits per heavy atom. The first-order valence-corrected chi connectivity index (χ1v) is 8.70. The maximum atomic E-state index is 12.5. The topological polar surface area (TPSA) is 93.8 Å². The number of carbonyl (C=O) groups is 1. The van der Waals surface area contributed by atoms with Gasteiger partial charge in [-0.1, -0.05) is 23.4 Å². The van der Waals surface area contributed by atoms with Crippen LogP contribution in [0.4, 0.5) is 11.6 Å². The van der Waals surface area contributed by atoms with Crippen LogP contribution in [0.15, 0.2) is 59.9 Å². The summed E-state index contributed by atoms with van der Waals surface area (Å²) in [5, 5.41) is 4.06. The fourth-order valence-corrected chi connectivity index (χ4v) is 3.07. The van der Waals surface area contributed by atoms with Crippen LogP contribution in [-0.2, 0) is 5.75 Å². The van der Waals surface area contributed by atoms with Crippen LogP contribution >= 0.6 is 23.4 Å². The average molecular weight is 372 g/mol. The zero-order chi connectivity index (χ0) is 17.6. The number of nitrogens with one attached hydrogen (secondary N) is 1. The number of rotatable bonds is 5. The monoisotopic (exact) mass is 371 g/mol. The second-order valence-corrected chi connectivity index (χ2v) is 6.41. The van der Waals surface area contributed by atoms with Crippen LogP contribution in [0.2, 0.25) is 5.02 Å². The molecule has 0 aliphatic carbocycles. The van der Waals surface area contributed by atoms with Gasteiger partial charge in [-0.2, -0.15) is 0 Å². The van der Waals surface area contributed by atoms with Gasteiger partial charge in [0.2, 0.25) is 5.95 Å². The third-order valence-corrected chi connectivity index (χ3v) is 4.50. The first-order valence-electron chi connectivity index (χ1n) is 7.34. The lowest BCUT2D eigenvalue weighted by atomic mass is 10.2. The highest BCUT2D eigenvalue weighted by atomic mass is 35.5. The van der Waals surface area contributed by atoms with Gasteiger partial charge in [0.1, 0.15) is 5.03 Å². The molecule has 25 heavy (non-hydrogen) atoms. The molecule has 1 aromatic carbocycles. The normalized spacial score (nSPS) is 10.4. The summed E-state index contributed by atoms with van der Waals surface area (Å²) < 4.78 is 0. The summed E-state index contributed by atoms with van der Waals surface area (Å²) >= 11 is 7.27. The van der Waals surface area contributed by atoms with E-state index < -0.39 is 0 Å². The van der Waals surface area contributed by atoms with Gasteiger partial charge in [0, 0.05) is 28.9 Å². The number of aromatic nitrogens is 3. The van der Waals surface area contributed by atoms with Crippen molar-refractivity contribution in [1.29, 1.82) is 0 Å². The molecule has 0 aliphatic rings. The average Bonchev–Trinajstić information content (AvgIpc) is 2.62. The molecule has 1 amide bonds. The molecule has 6 nitrogen and oxygen atoms in total. The molecule has 3 rings (SSSR count). The van der Waals surface area contributed by atoms with Crippen molar-refractivity contribution < 1.29 is 4.79 Å². The highest BCUT2D eigenvalue weighted by Crippen LogP contribution is 2.24. The molecule has 0 saturated carbocycles. The van der Waals surface area contributed by atoms with Crippen molar-refractivity contribution >= 4 is 40.9 Å². The van der Waals surface area contributed by atoms with Crippen molar-refractivity contribution in [2.24, 2.45) is 0 Å². The molecular formula is C17H14ClN5OS. The van der Waals surface area contributed by atoms with Gasteiger partial charge in [0.25, 0.3) is 5.91 Å². The second-order valence-electron chi connectivity index (χ2n) is 5.01. The number of anilines is 2. The van der Waals surface area contributed by atoms with Crippen LogP contribution in [0.3, 0.4) is 0 Å². The van der Waals surface area contributed by atoms with E-state index >= 15 is 0 Å². The Hall–Kier alpha value is -2.64. The van der Waals surface area contributed by atoms with E-state index in [9.17, 15) is 4.79 Å². The molecule has 0 aliphatic heterocycles. The fourth-order valence-electron chi connectivity index (χ4n) is 2.05. The maximum absolute atomic E-state index is 12.5. The smallest absolute Gasteiger partial charge is 0.258 e. The molecule has 3 N–H and O–H groups in total. The minimum atomic E-state index is -0.236. The minimum Gasteiger partial charge on any atom is -0.368 e. The minimum absolute atomic E-state index is 0.222. The molecule has 0 atom stereocenters. The molecule has 2 heterocycles. The Morgan fingerprint density at radius 2 is 1.92 bits per heavy atom. The van der Waals surface area contributed by atoms with E-state index in [2.05, 4.69) is 20.3 Å². The largest absolute Gasteiger partial charge is 0.368 e. The van der Waals surface area contributed by atoms with Crippen molar-refractivity contribution in [3.8, 4) is 0 Å². The van der Waals surface area contributed by atoms with Gasteiger partial charge in [-0.15, -0.1) is 0 Å². The molecule has 0 unspecified atom stereocenters. The lowest BCUT2D eigenvalue weighted by Crippen LogP contribution is -2.13. The van der Waals surface area contributed by atoms with Crippen LogP contribution < -0.4 is 11.1 Å². The third kappa shape index (κ3) is 4.68. The molecule has 126 valence electrons. The van der Waals surface area contributed by atoms with Crippen molar-refractivity contribution in [3.63, 3.8) is 0 Å². The number of halogens is 1. The molecule has 2 aromatic heterocycles. The van der Waals surface area contributed by atoms with E-state index in [1.165, 1.54) is 11.8 Å². The molecule has 0 spiro atoms. The summed E-state index contributed by atoms with van der Waals surface area (Å²) in [5.74, 6) is 0.519. The van der Waals surface area contributed by atoms with Gasteiger partial charge < -0.3 is 11.1 Å². The Kier molecular flexibility index (Phi) is 5.47. The molecule has 3 aromatic rings. The molecule has 0 radical (unpaired) electrons. The first kappa shape index (κ1) is 17.2. The molecule has 8 heteroatoms. The van der Waals surface area contributed by atoms with Gasteiger partial charge in [0.05, 0.1) is 11.3 Å². The predicted octanol–water partition coefficient (Wildman–Crippen LogP) is 3.65. The summed E-state index contributed by atoms with van der Waals surface area (Å²) in [6.07, 6.45) is 3.25. The van der Waals surface area contributed by atoms with Gasteiger partial charge in [-0.3, -0.25) is 4.79 Å². The Morgan fingerprint density at radius 1 is 1.12 bits per heavy atom. The number of nitrogens with zero attached hydrogens (tertiary/aromatic N) is 3. The van der Waals surface area contributed by atoms with E-state index in [1.54, 1.807) is 54.9 Å². The summed E-state index contributed by atoms with van der Waals surface area (Å²) in [7, 11) is 0.